The highest BCUT2D eigenvalue weighted by Gasteiger charge is 2.19. The minimum atomic E-state index is -0.184. The van der Waals surface area contributed by atoms with E-state index in [1.54, 1.807) is 6.07 Å². The lowest BCUT2D eigenvalue weighted by Gasteiger charge is -2.17. The van der Waals surface area contributed by atoms with Gasteiger partial charge in [-0.05, 0) is 25.0 Å². The molecule has 1 heterocycles. The van der Waals surface area contributed by atoms with Crippen LogP contribution in [0.3, 0.4) is 0 Å². The summed E-state index contributed by atoms with van der Waals surface area (Å²) in [6, 6.07) is 5.48. The first-order valence-electron chi connectivity index (χ1n) is 4.97. The van der Waals surface area contributed by atoms with Gasteiger partial charge in [-0.15, -0.1) is 0 Å². The lowest BCUT2D eigenvalue weighted by atomic mass is 10.0. The first kappa shape index (κ1) is 9.31. The Hall–Kier alpha value is -1.25. The lowest BCUT2D eigenvalue weighted by molar-refractivity contribution is 0.541. The van der Waals surface area contributed by atoms with Crippen molar-refractivity contribution < 1.29 is 4.39 Å². The largest absolute Gasteiger partial charge is 0.381 e. The topological polar surface area (TPSA) is 24.1 Å². The van der Waals surface area contributed by atoms with Crippen LogP contribution >= 0.6 is 0 Å². The fraction of sp³-hybridized carbons (Fsp3) is 0.455. The third-order valence-corrected chi connectivity index (χ3v) is 2.85. The molecule has 0 amide bonds. The summed E-state index contributed by atoms with van der Waals surface area (Å²) in [6.45, 7) is 5.07. The summed E-state index contributed by atoms with van der Waals surface area (Å²) >= 11 is 0. The molecule has 0 fully saturated rings. The van der Waals surface area contributed by atoms with Crippen molar-refractivity contribution in [1.82, 2.24) is 0 Å². The Bertz CT molecular complexity index is 338. The summed E-state index contributed by atoms with van der Waals surface area (Å²) in [5, 5.41) is 6.45. The average molecular weight is 194 g/mol. The zero-order valence-electron chi connectivity index (χ0n) is 8.47. The van der Waals surface area contributed by atoms with Crippen molar-refractivity contribution in [2.24, 2.45) is 5.92 Å². The minimum absolute atomic E-state index is 0.184. The molecule has 1 aliphatic rings. The number of benzene rings is 1. The molecule has 2 N–H and O–H groups in total. The van der Waals surface area contributed by atoms with Gasteiger partial charge >= 0.3 is 0 Å². The molecule has 14 heavy (non-hydrogen) atoms. The minimum Gasteiger partial charge on any atom is -0.381 e. The number of halogens is 1. The van der Waals surface area contributed by atoms with Crippen molar-refractivity contribution in [1.29, 1.82) is 0 Å². The third kappa shape index (κ3) is 1.54. The number of para-hydroxylation sites is 1. The van der Waals surface area contributed by atoms with Crippen LogP contribution in [0.4, 0.5) is 15.8 Å². The molecule has 3 heteroatoms. The SMILES string of the molecule is CC1CNc2c(F)cccc2NC1C. The fourth-order valence-corrected chi connectivity index (χ4v) is 1.65. The Morgan fingerprint density at radius 1 is 1.36 bits per heavy atom. The van der Waals surface area contributed by atoms with E-state index in [2.05, 4.69) is 24.5 Å². The first-order valence-corrected chi connectivity index (χ1v) is 4.97. The lowest BCUT2D eigenvalue weighted by Crippen LogP contribution is -2.25. The highest BCUT2D eigenvalue weighted by atomic mass is 19.1. The molecule has 76 valence electrons. The average Bonchev–Trinajstić information content (AvgIpc) is 2.29. The van der Waals surface area contributed by atoms with E-state index in [1.165, 1.54) is 6.07 Å². The second kappa shape index (κ2) is 3.48. The number of hydrogen-bond acceptors (Lipinski definition) is 2. The number of hydrogen-bond donors (Lipinski definition) is 2. The van der Waals surface area contributed by atoms with E-state index in [0.29, 0.717) is 17.6 Å². The maximum atomic E-state index is 13.4. The molecule has 2 atom stereocenters. The number of fused-ring (bicyclic) bond motifs is 1. The van der Waals surface area contributed by atoms with E-state index in [1.807, 2.05) is 6.07 Å². The van der Waals surface area contributed by atoms with Crippen LogP contribution in [0, 0.1) is 11.7 Å². The van der Waals surface area contributed by atoms with Crippen molar-refractivity contribution >= 4 is 11.4 Å². The van der Waals surface area contributed by atoms with Crippen molar-refractivity contribution in [3.8, 4) is 0 Å². The van der Waals surface area contributed by atoms with Crippen molar-refractivity contribution in [2.45, 2.75) is 19.9 Å². The van der Waals surface area contributed by atoms with Gasteiger partial charge in [0.05, 0.1) is 11.4 Å². The quantitative estimate of drug-likeness (QED) is 0.663. The van der Waals surface area contributed by atoms with Gasteiger partial charge in [0.2, 0.25) is 0 Å². The molecule has 0 saturated carbocycles. The summed E-state index contributed by atoms with van der Waals surface area (Å²) in [4.78, 5) is 0. The Labute approximate surface area is 83.5 Å². The zero-order chi connectivity index (χ0) is 10.1. The summed E-state index contributed by atoms with van der Waals surface area (Å²) in [6.07, 6.45) is 0. The van der Waals surface area contributed by atoms with Gasteiger partial charge in [0.15, 0.2) is 0 Å². The predicted octanol–water partition coefficient (Wildman–Crippen LogP) is 2.69. The molecule has 1 aromatic carbocycles. The van der Waals surface area contributed by atoms with Crippen LogP contribution in [-0.4, -0.2) is 12.6 Å². The summed E-state index contributed by atoms with van der Waals surface area (Å²) < 4.78 is 13.4. The van der Waals surface area contributed by atoms with Crippen LogP contribution in [-0.2, 0) is 0 Å². The Morgan fingerprint density at radius 3 is 2.93 bits per heavy atom. The molecule has 0 saturated heterocycles. The Kier molecular flexibility index (Phi) is 2.32. The van der Waals surface area contributed by atoms with Gasteiger partial charge in [-0.25, -0.2) is 4.39 Å². The van der Waals surface area contributed by atoms with E-state index in [4.69, 9.17) is 0 Å². The van der Waals surface area contributed by atoms with E-state index in [0.717, 1.165) is 12.2 Å². The molecule has 0 bridgehead atoms. The highest BCUT2D eigenvalue weighted by Crippen LogP contribution is 2.29. The number of nitrogens with one attached hydrogen (secondary N) is 2. The number of rotatable bonds is 0. The normalized spacial score (nSPS) is 25.6. The second-order valence-electron chi connectivity index (χ2n) is 3.95. The van der Waals surface area contributed by atoms with Crippen molar-refractivity contribution in [3.63, 3.8) is 0 Å². The van der Waals surface area contributed by atoms with E-state index in [9.17, 15) is 4.39 Å². The van der Waals surface area contributed by atoms with Gasteiger partial charge < -0.3 is 10.6 Å². The molecule has 2 rings (SSSR count). The summed E-state index contributed by atoms with van der Waals surface area (Å²) in [7, 11) is 0. The monoisotopic (exact) mass is 194 g/mol. The molecule has 1 aliphatic heterocycles. The molecule has 0 aromatic heterocycles. The van der Waals surface area contributed by atoms with Crippen molar-refractivity contribution in [2.75, 3.05) is 17.2 Å². The molecule has 2 unspecified atom stereocenters. The zero-order valence-corrected chi connectivity index (χ0v) is 8.47. The smallest absolute Gasteiger partial charge is 0.148 e. The van der Waals surface area contributed by atoms with Crippen LogP contribution in [0.2, 0.25) is 0 Å². The first-order chi connectivity index (χ1) is 6.68. The van der Waals surface area contributed by atoms with E-state index >= 15 is 0 Å². The fourth-order valence-electron chi connectivity index (χ4n) is 1.65. The van der Waals surface area contributed by atoms with Gasteiger partial charge in [-0.3, -0.25) is 0 Å². The molecular formula is C11H15FN2. The van der Waals surface area contributed by atoms with Crippen LogP contribution in [0.5, 0.6) is 0 Å². The Morgan fingerprint density at radius 2 is 2.14 bits per heavy atom. The van der Waals surface area contributed by atoms with Gasteiger partial charge in [-0.1, -0.05) is 13.0 Å². The van der Waals surface area contributed by atoms with Crippen LogP contribution in [0.15, 0.2) is 18.2 Å². The maximum Gasteiger partial charge on any atom is 0.148 e. The molecule has 0 radical (unpaired) electrons. The van der Waals surface area contributed by atoms with Crippen LogP contribution in [0.25, 0.3) is 0 Å². The van der Waals surface area contributed by atoms with Crippen LogP contribution < -0.4 is 10.6 Å². The second-order valence-corrected chi connectivity index (χ2v) is 3.95. The van der Waals surface area contributed by atoms with E-state index < -0.39 is 0 Å². The highest BCUT2D eigenvalue weighted by molar-refractivity contribution is 5.70. The third-order valence-electron chi connectivity index (χ3n) is 2.85. The maximum absolute atomic E-state index is 13.4. The van der Waals surface area contributed by atoms with Gasteiger partial charge in [0.1, 0.15) is 5.82 Å². The van der Waals surface area contributed by atoms with Crippen LogP contribution in [0.1, 0.15) is 13.8 Å². The van der Waals surface area contributed by atoms with Gasteiger partial charge in [0, 0.05) is 12.6 Å². The molecule has 2 nitrogen and oxygen atoms in total. The number of anilines is 2. The van der Waals surface area contributed by atoms with E-state index in [-0.39, 0.29) is 5.82 Å². The Balaban J connectivity index is 2.37. The molecule has 0 spiro atoms. The molecular weight excluding hydrogens is 179 g/mol. The molecule has 1 aromatic rings. The van der Waals surface area contributed by atoms with Gasteiger partial charge in [0.25, 0.3) is 0 Å². The summed E-state index contributed by atoms with van der Waals surface area (Å²) in [5.41, 5.74) is 1.46. The van der Waals surface area contributed by atoms with Gasteiger partial charge in [-0.2, -0.15) is 0 Å². The predicted molar refractivity (Wildman–Crippen MR) is 57.1 cm³/mol. The van der Waals surface area contributed by atoms with Crippen molar-refractivity contribution in [3.05, 3.63) is 24.0 Å². The molecule has 0 aliphatic carbocycles. The standard InChI is InChI=1S/C11H15FN2/c1-7-6-13-11-9(12)4-3-5-10(11)14-8(7)2/h3-5,7-8,13-14H,6H2,1-2H3. The summed E-state index contributed by atoms with van der Waals surface area (Å²) in [5.74, 6) is 0.304.